The zero-order valence-electron chi connectivity index (χ0n) is 8.56. The van der Waals surface area contributed by atoms with Gasteiger partial charge in [-0.25, -0.2) is 0 Å². The Balaban J connectivity index is 2.58. The van der Waals surface area contributed by atoms with Gasteiger partial charge in [0.1, 0.15) is 12.1 Å². The van der Waals surface area contributed by atoms with Crippen molar-refractivity contribution in [2.75, 3.05) is 20.1 Å². The van der Waals surface area contributed by atoms with E-state index in [-0.39, 0.29) is 0 Å². The third-order valence-corrected chi connectivity index (χ3v) is 2.52. The molecule has 3 nitrogen and oxygen atoms in total. The monoisotopic (exact) mass is 222 g/mol. The van der Waals surface area contributed by atoms with Crippen LogP contribution in [0.3, 0.4) is 0 Å². The van der Waals surface area contributed by atoms with Crippen LogP contribution in [-0.4, -0.2) is 42.7 Å². The van der Waals surface area contributed by atoms with Crippen molar-refractivity contribution >= 4 is 5.91 Å². The van der Waals surface area contributed by atoms with Gasteiger partial charge in [-0.1, -0.05) is 12.2 Å². The van der Waals surface area contributed by atoms with Gasteiger partial charge >= 0.3 is 6.18 Å². The Morgan fingerprint density at radius 1 is 1.60 bits per heavy atom. The molecule has 1 aliphatic rings. The van der Waals surface area contributed by atoms with Crippen molar-refractivity contribution in [2.24, 2.45) is 0 Å². The highest BCUT2D eigenvalue weighted by molar-refractivity contribution is 5.88. The minimum absolute atomic E-state index is 0.565. The topological polar surface area (TPSA) is 32.3 Å². The van der Waals surface area contributed by atoms with Crippen molar-refractivity contribution in [1.82, 2.24) is 10.2 Å². The highest BCUT2D eigenvalue weighted by Gasteiger charge is 2.39. The molecule has 0 saturated heterocycles. The number of likely N-dealkylation sites (N-methyl/N-ethyl adjacent to an activating group) is 1. The van der Waals surface area contributed by atoms with Gasteiger partial charge in [-0.2, -0.15) is 13.2 Å². The second kappa shape index (κ2) is 3.84. The van der Waals surface area contributed by atoms with Gasteiger partial charge < -0.3 is 5.32 Å². The highest BCUT2D eigenvalue weighted by atomic mass is 19.4. The fraction of sp³-hybridized carbons (Fsp3) is 0.667. The number of carbonyl (C=O) groups excluding carboxylic acids is 1. The average molecular weight is 222 g/mol. The Hall–Kier alpha value is -1.04. The smallest absolute Gasteiger partial charge is 0.345 e. The van der Waals surface area contributed by atoms with Gasteiger partial charge in [-0.15, -0.1) is 0 Å². The van der Waals surface area contributed by atoms with Crippen molar-refractivity contribution < 1.29 is 18.0 Å². The van der Waals surface area contributed by atoms with Gasteiger partial charge in [0.15, 0.2) is 0 Å². The summed E-state index contributed by atoms with van der Waals surface area (Å²) in [5.74, 6) is -0.629. The van der Waals surface area contributed by atoms with Gasteiger partial charge in [-0.05, 0) is 14.0 Å². The molecule has 1 rings (SSSR count). The second-order valence-corrected chi connectivity index (χ2v) is 3.73. The van der Waals surface area contributed by atoms with E-state index >= 15 is 0 Å². The number of rotatable bonds is 2. The number of nitrogens with one attached hydrogen (secondary N) is 1. The van der Waals surface area contributed by atoms with Crippen LogP contribution >= 0.6 is 0 Å². The molecule has 0 aromatic heterocycles. The number of halogens is 3. The number of alkyl halides is 3. The number of hydrogen-bond donors (Lipinski definition) is 1. The lowest BCUT2D eigenvalue weighted by atomic mass is 10.0. The Labute approximate surface area is 85.9 Å². The fourth-order valence-corrected chi connectivity index (χ4v) is 1.37. The Bertz CT molecular complexity index is 288. The molecule has 1 amide bonds. The molecular weight excluding hydrogens is 209 g/mol. The fourth-order valence-electron chi connectivity index (χ4n) is 1.37. The molecule has 0 bridgehead atoms. The summed E-state index contributed by atoms with van der Waals surface area (Å²) in [6.07, 6.45) is -1.00. The summed E-state index contributed by atoms with van der Waals surface area (Å²) in [5, 5.41) is 1.88. The maximum absolute atomic E-state index is 11.9. The van der Waals surface area contributed by atoms with Gasteiger partial charge in [0.2, 0.25) is 5.91 Å². The first kappa shape index (κ1) is 12.0. The van der Waals surface area contributed by atoms with Crippen molar-refractivity contribution in [1.29, 1.82) is 0 Å². The first-order chi connectivity index (χ1) is 6.76. The molecule has 0 aromatic rings. The lowest BCUT2D eigenvalue weighted by Crippen LogP contribution is -2.53. The molecule has 0 saturated carbocycles. The summed E-state index contributed by atoms with van der Waals surface area (Å²) < 4.78 is 35.6. The van der Waals surface area contributed by atoms with Gasteiger partial charge in [-0.3, -0.25) is 9.69 Å². The second-order valence-electron chi connectivity index (χ2n) is 3.73. The summed E-state index contributed by atoms with van der Waals surface area (Å²) in [5.41, 5.74) is -0.967. The highest BCUT2D eigenvalue weighted by Crippen LogP contribution is 2.21. The molecule has 15 heavy (non-hydrogen) atoms. The van der Waals surface area contributed by atoms with Gasteiger partial charge in [0.25, 0.3) is 0 Å². The van der Waals surface area contributed by atoms with Crippen LogP contribution < -0.4 is 5.32 Å². The molecule has 0 spiro atoms. The zero-order chi connectivity index (χ0) is 11.7. The molecule has 1 aliphatic heterocycles. The minimum Gasteiger partial charge on any atom is -0.345 e. The molecular formula is C9H13F3N2O. The van der Waals surface area contributed by atoms with E-state index in [4.69, 9.17) is 0 Å². The van der Waals surface area contributed by atoms with Crippen LogP contribution in [0.1, 0.15) is 6.92 Å². The normalized spacial score (nSPS) is 27.0. The third kappa shape index (κ3) is 2.71. The van der Waals surface area contributed by atoms with Crippen LogP contribution in [0.15, 0.2) is 12.2 Å². The maximum atomic E-state index is 11.9. The number of hydrogen-bond acceptors (Lipinski definition) is 2. The first-order valence-electron chi connectivity index (χ1n) is 4.50. The van der Waals surface area contributed by atoms with E-state index in [0.29, 0.717) is 6.54 Å². The third-order valence-electron chi connectivity index (χ3n) is 2.52. The van der Waals surface area contributed by atoms with E-state index in [0.717, 1.165) is 0 Å². The van der Waals surface area contributed by atoms with Crippen LogP contribution in [-0.2, 0) is 4.79 Å². The number of nitrogens with zero attached hydrogens (tertiary/aromatic N) is 1. The largest absolute Gasteiger partial charge is 0.405 e. The van der Waals surface area contributed by atoms with E-state index < -0.39 is 24.2 Å². The molecule has 1 N–H and O–H groups in total. The molecule has 1 heterocycles. The van der Waals surface area contributed by atoms with Crippen molar-refractivity contribution in [3.05, 3.63) is 12.2 Å². The van der Waals surface area contributed by atoms with Crippen LogP contribution in [0.25, 0.3) is 0 Å². The SMILES string of the molecule is CN1CC=CC1(C)C(=O)NCC(F)(F)F. The summed E-state index contributed by atoms with van der Waals surface area (Å²) in [4.78, 5) is 13.2. The van der Waals surface area contributed by atoms with Crippen molar-refractivity contribution in [2.45, 2.75) is 18.6 Å². The Morgan fingerprint density at radius 2 is 2.20 bits per heavy atom. The molecule has 0 aliphatic carbocycles. The summed E-state index contributed by atoms with van der Waals surface area (Å²) in [6.45, 7) is 0.862. The molecule has 1 atom stereocenters. The van der Waals surface area contributed by atoms with Gasteiger partial charge in [0, 0.05) is 6.54 Å². The average Bonchev–Trinajstić information content (AvgIpc) is 2.43. The van der Waals surface area contributed by atoms with Crippen LogP contribution in [0, 0.1) is 0 Å². The van der Waals surface area contributed by atoms with Gasteiger partial charge in [0.05, 0.1) is 0 Å². The maximum Gasteiger partial charge on any atom is 0.405 e. The molecule has 6 heteroatoms. The first-order valence-corrected chi connectivity index (χ1v) is 4.50. The van der Waals surface area contributed by atoms with E-state index in [1.165, 1.54) is 0 Å². The number of carbonyl (C=O) groups is 1. The Morgan fingerprint density at radius 3 is 2.60 bits per heavy atom. The molecule has 1 unspecified atom stereocenters. The Kier molecular flexibility index (Phi) is 3.08. The lowest BCUT2D eigenvalue weighted by molar-refractivity contribution is -0.143. The molecule has 0 aromatic carbocycles. The predicted molar refractivity (Wildman–Crippen MR) is 49.2 cm³/mol. The molecule has 0 radical (unpaired) electrons. The molecule has 86 valence electrons. The van der Waals surface area contributed by atoms with E-state index in [9.17, 15) is 18.0 Å². The quantitative estimate of drug-likeness (QED) is 0.705. The molecule has 0 fully saturated rings. The van der Waals surface area contributed by atoms with Crippen LogP contribution in [0.4, 0.5) is 13.2 Å². The van der Waals surface area contributed by atoms with Crippen LogP contribution in [0.5, 0.6) is 0 Å². The van der Waals surface area contributed by atoms with Crippen molar-refractivity contribution in [3.63, 3.8) is 0 Å². The van der Waals surface area contributed by atoms with E-state index in [2.05, 4.69) is 0 Å². The standard InChI is InChI=1S/C9H13F3N2O/c1-8(4-3-5-14(8)2)7(15)13-6-9(10,11)12/h3-4H,5-6H2,1-2H3,(H,13,15). The van der Waals surface area contributed by atoms with Crippen molar-refractivity contribution in [3.8, 4) is 0 Å². The zero-order valence-corrected chi connectivity index (χ0v) is 8.56. The summed E-state index contributed by atoms with van der Waals surface area (Å²) in [6, 6.07) is 0. The summed E-state index contributed by atoms with van der Waals surface area (Å²) in [7, 11) is 1.69. The predicted octanol–water partition coefficient (Wildman–Crippen LogP) is 0.925. The van der Waals surface area contributed by atoms with E-state index in [1.807, 2.05) is 5.32 Å². The van der Waals surface area contributed by atoms with Crippen LogP contribution in [0.2, 0.25) is 0 Å². The lowest BCUT2D eigenvalue weighted by Gasteiger charge is -2.30. The minimum atomic E-state index is -4.37. The summed E-state index contributed by atoms with van der Waals surface area (Å²) >= 11 is 0. The van der Waals surface area contributed by atoms with E-state index in [1.54, 1.807) is 31.0 Å². The number of amides is 1.